The van der Waals surface area contributed by atoms with Crippen molar-refractivity contribution in [2.75, 3.05) is 0 Å². The Kier molecular flexibility index (Phi) is 7.85. The standard InChI is InChI=1S/C27H27F2NO/c1-3-7-23-15-16-24(27(29)26(23)28)21-11-13-22(14-12-21)25-17-10-20(18-30-25)9-6-4-5-8-19(2)31/h3,6,9-19,31H,1,4-5,7-8H2,2H3. The summed E-state index contributed by atoms with van der Waals surface area (Å²) in [4.78, 5) is 4.51. The SMILES string of the molecule is C=CCc1ccc(-c2ccc(-c3ccc(C=CCCCC(C)O)cn3)cc2)c(F)c1F. The summed E-state index contributed by atoms with van der Waals surface area (Å²) in [5.74, 6) is -1.66. The molecule has 0 aliphatic carbocycles. The van der Waals surface area contributed by atoms with Crippen molar-refractivity contribution in [2.45, 2.75) is 38.7 Å². The number of allylic oxidation sites excluding steroid dienone is 2. The van der Waals surface area contributed by atoms with Gasteiger partial charge in [0.2, 0.25) is 0 Å². The lowest BCUT2D eigenvalue weighted by Crippen LogP contribution is -1.97. The molecule has 2 nitrogen and oxygen atoms in total. The van der Waals surface area contributed by atoms with Gasteiger partial charge < -0.3 is 5.11 Å². The van der Waals surface area contributed by atoms with Crippen LogP contribution >= 0.6 is 0 Å². The van der Waals surface area contributed by atoms with Crippen molar-refractivity contribution in [2.24, 2.45) is 0 Å². The molecule has 0 saturated heterocycles. The van der Waals surface area contributed by atoms with Gasteiger partial charge in [-0.25, -0.2) is 8.78 Å². The number of hydrogen-bond acceptors (Lipinski definition) is 2. The Bertz CT molecular complexity index is 1040. The Labute approximate surface area is 182 Å². The van der Waals surface area contributed by atoms with E-state index in [-0.39, 0.29) is 11.7 Å². The smallest absolute Gasteiger partial charge is 0.166 e. The molecule has 0 amide bonds. The number of aliphatic hydroxyl groups is 1. The Morgan fingerprint density at radius 3 is 2.39 bits per heavy atom. The van der Waals surface area contributed by atoms with Crippen molar-refractivity contribution in [3.8, 4) is 22.4 Å². The molecule has 3 aromatic rings. The third-order valence-corrected chi connectivity index (χ3v) is 5.11. The highest BCUT2D eigenvalue weighted by Gasteiger charge is 2.14. The Hall–Kier alpha value is -3.11. The van der Waals surface area contributed by atoms with Gasteiger partial charge in [0.25, 0.3) is 0 Å². The van der Waals surface area contributed by atoms with Crippen molar-refractivity contribution < 1.29 is 13.9 Å². The summed E-state index contributed by atoms with van der Waals surface area (Å²) in [5, 5.41) is 9.27. The van der Waals surface area contributed by atoms with Crippen LogP contribution in [0.1, 0.15) is 37.3 Å². The second-order valence-electron chi connectivity index (χ2n) is 7.63. The van der Waals surface area contributed by atoms with Gasteiger partial charge in [0.1, 0.15) is 0 Å². The molecule has 0 spiro atoms. The monoisotopic (exact) mass is 419 g/mol. The van der Waals surface area contributed by atoms with E-state index in [1.807, 2.05) is 36.5 Å². The zero-order valence-electron chi connectivity index (χ0n) is 17.7. The minimum atomic E-state index is -0.838. The van der Waals surface area contributed by atoms with Gasteiger partial charge in [0, 0.05) is 17.3 Å². The Morgan fingerprint density at radius 1 is 1.00 bits per heavy atom. The predicted octanol–water partition coefficient (Wildman–Crippen LogP) is 6.99. The number of rotatable bonds is 9. The van der Waals surface area contributed by atoms with Crippen molar-refractivity contribution in [1.82, 2.24) is 4.98 Å². The molecule has 1 N–H and O–H groups in total. The van der Waals surface area contributed by atoms with Crippen molar-refractivity contribution >= 4 is 6.08 Å². The molecular weight excluding hydrogens is 392 g/mol. The second kappa shape index (κ2) is 10.8. The molecule has 1 atom stereocenters. The van der Waals surface area contributed by atoms with E-state index in [0.717, 1.165) is 36.1 Å². The molecule has 0 aliphatic heterocycles. The molecule has 0 saturated carbocycles. The van der Waals surface area contributed by atoms with Crippen molar-refractivity contribution in [1.29, 1.82) is 0 Å². The van der Waals surface area contributed by atoms with E-state index >= 15 is 0 Å². The maximum Gasteiger partial charge on any atom is 0.166 e. The summed E-state index contributed by atoms with van der Waals surface area (Å²) >= 11 is 0. The normalized spacial score (nSPS) is 12.3. The number of unbranched alkanes of at least 4 members (excludes halogenated alkanes) is 1. The minimum absolute atomic E-state index is 0.237. The first-order valence-electron chi connectivity index (χ1n) is 10.5. The zero-order chi connectivity index (χ0) is 22.2. The topological polar surface area (TPSA) is 33.1 Å². The quantitative estimate of drug-likeness (QED) is 0.300. The molecule has 0 fully saturated rings. The molecule has 1 aromatic heterocycles. The van der Waals surface area contributed by atoms with Crippen LogP contribution in [0.2, 0.25) is 0 Å². The van der Waals surface area contributed by atoms with Gasteiger partial charge >= 0.3 is 0 Å². The summed E-state index contributed by atoms with van der Waals surface area (Å²) in [5.41, 5.74) is 3.87. The third kappa shape index (κ3) is 5.96. The van der Waals surface area contributed by atoms with E-state index in [4.69, 9.17) is 0 Å². The summed E-state index contributed by atoms with van der Waals surface area (Å²) in [6.45, 7) is 5.37. The molecule has 1 heterocycles. The van der Waals surface area contributed by atoms with E-state index in [1.54, 1.807) is 37.3 Å². The summed E-state index contributed by atoms with van der Waals surface area (Å²) in [6.07, 6.45) is 10.2. The number of pyridine rings is 1. The third-order valence-electron chi connectivity index (χ3n) is 5.11. The van der Waals surface area contributed by atoms with Crippen LogP contribution in [0.3, 0.4) is 0 Å². The van der Waals surface area contributed by atoms with Gasteiger partial charge in [-0.1, -0.05) is 60.7 Å². The van der Waals surface area contributed by atoms with E-state index < -0.39 is 11.6 Å². The highest BCUT2D eigenvalue weighted by molar-refractivity contribution is 5.70. The van der Waals surface area contributed by atoms with Crippen LogP contribution in [-0.4, -0.2) is 16.2 Å². The molecule has 0 bridgehead atoms. The van der Waals surface area contributed by atoms with E-state index in [0.29, 0.717) is 17.5 Å². The lowest BCUT2D eigenvalue weighted by molar-refractivity contribution is 0.182. The summed E-state index contributed by atoms with van der Waals surface area (Å²) in [6, 6.07) is 14.4. The Morgan fingerprint density at radius 2 is 1.74 bits per heavy atom. The molecular formula is C27H27F2NO. The van der Waals surface area contributed by atoms with Crippen molar-refractivity contribution in [3.63, 3.8) is 0 Å². The average Bonchev–Trinajstić information content (AvgIpc) is 2.77. The van der Waals surface area contributed by atoms with Gasteiger partial charge in [0.15, 0.2) is 11.6 Å². The number of nitrogens with zero attached hydrogens (tertiary/aromatic N) is 1. The van der Waals surface area contributed by atoms with Gasteiger partial charge in [-0.3, -0.25) is 4.98 Å². The maximum atomic E-state index is 14.5. The average molecular weight is 420 g/mol. The first kappa shape index (κ1) is 22.6. The lowest BCUT2D eigenvalue weighted by atomic mass is 9.99. The molecule has 0 aliphatic rings. The second-order valence-corrected chi connectivity index (χ2v) is 7.63. The zero-order valence-corrected chi connectivity index (χ0v) is 17.7. The van der Waals surface area contributed by atoms with E-state index in [9.17, 15) is 13.9 Å². The fraction of sp³-hybridized carbons (Fsp3) is 0.222. The maximum absolute atomic E-state index is 14.5. The van der Waals surface area contributed by atoms with Crippen LogP contribution in [-0.2, 0) is 6.42 Å². The predicted molar refractivity (Wildman–Crippen MR) is 123 cm³/mol. The number of aliphatic hydroxyl groups excluding tert-OH is 1. The number of halogens is 2. The van der Waals surface area contributed by atoms with Gasteiger partial charge in [-0.2, -0.15) is 0 Å². The minimum Gasteiger partial charge on any atom is -0.393 e. The van der Waals surface area contributed by atoms with Crippen molar-refractivity contribution in [3.05, 3.63) is 96.2 Å². The molecule has 3 rings (SSSR count). The van der Waals surface area contributed by atoms with Crippen LogP contribution in [0.4, 0.5) is 8.78 Å². The molecule has 2 aromatic carbocycles. The molecule has 160 valence electrons. The van der Waals surface area contributed by atoms with Gasteiger partial charge in [-0.15, -0.1) is 6.58 Å². The van der Waals surface area contributed by atoms with Crippen LogP contribution < -0.4 is 0 Å². The lowest BCUT2D eigenvalue weighted by Gasteiger charge is -2.09. The Balaban J connectivity index is 1.70. The first-order chi connectivity index (χ1) is 15.0. The highest BCUT2D eigenvalue weighted by atomic mass is 19.2. The molecule has 0 radical (unpaired) electrons. The number of hydrogen-bond donors (Lipinski definition) is 1. The largest absolute Gasteiger partial charge is 0.393 e. The fourth-order valence-electron chi connectivity index (χ4n) is 3.37. The van der Waals surface area contributed by atoms with E-state index in [2.05, 4.69) is 17.6 Å². The van der Waals surface area contributed by atoms with Gasteiger partial charge in [0.05, 0.1) is 11.8 Å². The number of benzene rings is 2. The van der Waals surface area contributed by atoms with Gasteiger partial charge in [-0.05, 0) is 55.4 Å². The molecule has 1 unspecified atom stereocenters. The molecule has 4 heteroatoms. The fourth-order valence-corrected chi connectivity index (χ4v) is 3.37. The molecule has 31 heavy (non-hydrogen) atoms. The highest BCUT2D eigenvalue weighted by Crippen LogP contribution is 2.29. The van der Waals surface area contributed by atoms with Crippen LogP contribution in [0.25, 0.3) is 28.5 Å². The van der Waals surface area contributed by atoms with Crippen LogP contribution in [0, 0.1) is 11.6 Å². The van der Waals surface area contributed by atoms with E-state index in [1.165, 1.54) is 0 Å². The summed E-state index contributed by atoms with van der Waals surface area (Å²) in [7, 11) is 0. The van der Waals surface area contributed by atoms with Crippen LogP contribution in [0.5, 0.6) is 0 Å². The number of aromatic nitrogens is 1. The van der Waals surface area contributed by atoms with Crippen LogP contribution in [0.15, 0.2) is 73.5 Å². The summed E-state index contributed by atoms with van der Waals surface area (Å²) < 4.78 is 28.7. The first-order valence-corrected chi connectivity index (χ1v) is 10.5.